The van der Waals surface area contributed by atoms with Crippen LogP contribution in [0.4, 0.5) is 0 Å². The Hall–Kier alpha value is 1.07. The Kier molecular flexibility index (Phi) is 31.5. The third-order valence-corrected chi connectivity index (χ3v) is 0.815. The van der Waals surface area contributed by atoms with E-state index in [4.69, 9.17) is 6.72 Å². The molecule has 1 nitrogen and oxygen atoms in total. The summed E-state index contributed by atoms with van der Waals surface area (Å²) in [5.74, 6) is 0. The van der Waals surface area contributed by atoms with Crippen LogP contribution in [0, 0.1) is 7.43 Å². The molecule has 0 aromatic heterocycles. The molecule has 1 radical (unpaired) electrons. The molecule has 0 rings (SSSR count). The summed E-state index contributed by atoms with van der Waals surface area (Å²) in [5.41, 5.74) is 0. The van der Waals surface area contributed by atoms with E-state index in [0.717, 1.165) is 0 Å². The molecular weight excluding hydrogens is 347 g/mol. The Balaban J connectivity index is -0.000000125. The van der Waals surface area contributed by atoms with Crippen LogP contribution in [0.15, 0.2) is 17.3 Å². The molecule has 0 heterocycles. The number of hydrogen-bond donors (Lipinski definition) is 0. The molecule has 3 heteroatoms. The molecular formula is C5H7NWY-2. The van der Waals surface area contributed by atoms with E-state index in [-0.39, 0.29) is 40.1 Å². The van der Waals surface area contributed by atoms with Crippen LogP contribution in [0.2, 0.25) is 0 Å². The standard InChI is InChI=1S/C4H4N.CH3.W.Y/c1-3-4-5-2;;;/h1-4H;1H3;;/q2*-1;;/b4-3-;;;. The number of rotatable bonds is 2. The summed E-state index contributed by atoms with van der Waals surface area (Å²) in [6.45, 7) is 4.74. The van der Waals surface area contributed by atoms with Crippen LogP contribution in [0.5, 0.6) is 0 Å². The molecule has 0 saturated carbocycles. The van der Waals surface area contributed by atoms with Crippen molar-refractivity contribution in [1.29, 1.82) is 0 Å². The van der Waals surface area contributed by atoms with Gasteiger partial charge in [-0.05, 0) is 0 Å². The number of aliphatic imine (C=N–C) groups is 1. The quantitative estimate of drug-likeness (QED) is 0.516. The Morgan fingerprint density at radius 2 is 2.00 bits per heavy atom. The van der Waals surface area contributed by atoms with Gasteiger partial charge in [0.25, 0.3) is 0 Å². The summed E-state index contributed by atoms with van der Waals surface area (Å²) in [6.07, 6.45) is 3.35. The zero-order valence-corrected chi connectivity index (χ0v) is 10.5. The van der Waals surface area contributed by atoms with Gasteiger partial charge in [-0.3, -0.25) is 0 Å². The van der Waals surface area contributed by atoms with Gasteiger partial charge in [-0.25, -0.2) is 0 Å². The summed E-state index contributed by atoms with van der Waals surface area (Å²) in [7, 11) is 0. The molecule has 0 spiro atoms. The fourth-order valence-corrected chi connectivity index (χ4v) is 0.337. The van der Waals surface area contributed by atoms with E-state index < -0.39 is 0 Å². The van der Waals surface area contributed by atoms with E-state index in [1.807, 2.05) is 4.40 Å². The number of nitrogens with zero attached hydrogens (tertiary/aromatic N) is 1. The van der Waals surface area contributed by atoms with Crippen molar-refractivity contribution in [2.24, 2.45) is 4.99 Å². The average Bonchev–Trinajstić information content (AvgIpc) is 1.61. The van der Waals surface area contributed by atoms with Crippen molar-refractivity contribution in [2.75, 3.05) is 0 Å². The Morgan fingerprint density at radius 1 is 1.50 bits per heavy atom. The van der Waals surface area contributed by atoms with Gasteiger partial charge >= 0.3 is 47.7 Å². The second kappa shape index (κ2) is 15.7. The van der Waals surface area contributed by atoms with E-state index in [1.165, 1.54) is 19.4 Å². The monoisotopic (exact) mass is 354 g/mol. The minimum atomic E-state index is 0. The second-order valence-electron chi connectivity index (χ2n) is 0.627. The minimum Gasteiger partial charge on any atom is -0.358 e. The van der Waals surface area contributed by atoms with Crippen LogP contribution in [-0.2, 0) is 52.1 Å². The smallest absolute Gasteiger partial charge is 0 e. The molecule has 0 aliphatic carbocycles. The van der Waals surface area contributed by atoms with Crippen molar-refractivity contribution in [1.82, 2.24) is 0 Å². The summed E-state index contributed by atoms with van der Waals surface area (Å²) < 4.78 is 1.94. The molecule has 0 unspecified atom stereocenters. The van der Waals surface area contributed by atoms with Crippen LogP contribution in [0.3, 0.4) is 0 Å². The van der Waals surface area contributed by atoms with E-state index in [0.29, 0.717) is 0 Å². The Bertz CT molecular complexity index is 70.5. The van der Waals surface area contributed by atoms with Crippen molar-refractivity contribution in [3.8, 4) is 0 Å². The maximum Gasteiger partial charge on any atom is 0 e. The van der Waals surface area contributed by atoms with Crippen LogP contribution >= 0.6 is 0 Å². The average molecular weight is 354 g/mol. The molecule has 0 aliphatic heterocycles. The van der Waals surface area contributed by atoms with E-state index in [9.17, 15) is 0 Å². The third-order valence-electron chi connectivity index (χ3n) is 0.251. The zero-order valence-electron chi connectivity index (χ0n) is 4.74. The maximum absolute atomic E-state index is 4.74. The van der Waals surface area contributed by atoms with Crippen molar-refractivity contribution in [3.63, 3.8) is 0 Å². The maximum atomic E-state index is 4.74. The molecule has 0 bridgehead atoms. The molecule has 8 heavy (non-hydrogen) atoms. The SMILES string of the molecule is [CH-]=N/C=C\[CH]=[W].[CH3-].[Y]. The predicted molar refractivity (Wildman–Crippen MR) is 30.1 cm³/mol. The van der Waals surface area contributed by atoms with Gasteiger partial charge in [0.2, 0.25) is 0 Å². The summed E-state index contributed by atoms with van der Waals surface area (Å²) in [6, 6.07) is 0. The molecule has 0 aromatic carbocycles. The molecule has 0 fully saturated rings. The topological polar surface area (TPSA) is 12.4 Å². The fraction of sp³-hybridized carbons (Fsp3) is 0. The second-order valence-corrected chi connectivity index (χ2v) is 1.60. The number of allylic oxidation sites excluding steroid dienone is 1. The normalized spacial score (nSPS) is 6.50. The largest absolute Gasteiger partial charge is 0.358 e. The Labute approximate surface area is 86.9 Å². The summed E-state index contributed by atoms with van der Waals surface area (Å²) in [5, 5.41) is 0. The first-order valence-electron chi connectivity index (χ1n) is 1.42. The van der Waals surface area contributed by atoms with Crippen molar-refractivity contribution >= 4 is 11.1 Å². The first-order valence-corrected chi connectivity index (χ1v) is 3.11. The molecule has 0 aliphatic rings. The van der Waals surface area contributed by atoms with Gasteiger partial charge in [0, 0.05) is 32.7 Å². The van der Waals surface area contributed by atoms with Crippen LogP contribution in [0.1, 0.15) is 0 Å². The third kappa shape index (κ3) is 15.7. The van der Waals surface area contributed by atoms with Gasteiger partial charge in [-0.2, -0.15) is 0 Å². The van der Waals surface area contributed by atoms with Crippen LogP contribution in [-0.4, -0.2) is 11.1 Å². The van der Waals surface area contributed by atoms with E-state index >= 15 is 0 Å². The molecule has 0 N–H and O–H groups in total. The van der Waals surface area contributed by atoms with Gasteiger partial charge in [0.1, 0.15) is 0 Å². The fourth-order valence-electron chi connectivity index (χ4n) is 0.0848. The van der Waals surface area contributed by atoms with E-state index in [2.05, 4.69) is 4.99 Å². The van der Waals surface area contributed by atoms with Gasteiger partial charge in [0.15, 0.2) is 0 Å². The van der Waals surface area contributed by atoms with Gasteiger partial charge < -0.3 is 7.43 Å². The van der Waals surface area contributed by atoms with Gasteiger partial charge in [-0.15, -0.1) is 0 Å². The van der Waals surface area contributed by atoms with Crippen molar-refractivity contribution in [2.45, 2.75) is 0 Å². The first-order chi connectivity index (χ1) is 2.91. The van der Waals surface area contributed by atoms with Crippen LogP contribution < -0.4 is 0 Å². The molecule has 0 amide bonds. The van der Waals surface area contributed by atoms with Crippen molar-refractivity contribution in [3.05, 3.63) is 19.7 Å². The van der Waals surface area contributed by atoms with E-state index in [1.54, 1.807) is 12.3 Å². The molecule has 43 valence electrons. The molecule has 0 saturated heterocycles. The summed E-state index contributed by atoms with van der Waals surface area (Å²) in [4.78, 5) is 3.23. The molecule has 0 aromatic rings. The summed E-state index contributed by atoms with van der Waals surface area (Å²) >= 11 is 1.41. The van der Waals surface area contributed by atoms with Crippen LogP contribution in [0.25, 0.3) is 0 Å². The number of hydrogen-bond acceptors (Lipinski definition) is 1. The molecule has 0 atom stereocenters. The first kappa shape index (κ1) is 16.0. The van der Waals surface area contributed by atoms with Gasteiger partial charge in [-0.1, -0.05) is 0 Å². The van der Waals surface area contributed by atoms with Crippen molar-refractivity contribution < 1.29 is 52.1 Å². The predicted octanol–water partition coefficient (Wildman–Crippen LogP) is 0.874. The van der Waals surface area contributed by atoms with Gasteiger partial charge in [0.05, 0.1) is 0 Å². The Morgan fingerprint density at radius 3 is 2.12 bits per heavy atom. The minimum absolute atomic E-state index is 0. The zero-order chi connectivity index (χ0) is 4.83.